The molecule has 1 rings (SSSR count). The molecule has 0 radical (unpaired) electrons. The molecule has 0 spiro atoms. The molecular formula is C12H20N2O2S. The van der Waals surface area contributed by atoms with E-state index < -0.39 is 9.84 Å². The van der Waals surface area contributed by atoms with Crippen LogP contribution in [0.15, 0.2) is 12.3 Å². The van der Waals surface area contributed by atoms with Crippen molar-refractivity contribution in [3.63, 3.8) is 0 Å². The van der Waals surface area contributed by atoms with Gasteiger partial charge in [-0.3, -0.25) is 4.98 Å². The van der Waals surface area contributed by atoms with Gasteiger partial charge < -0.3 is 5.32 Å². The van der Waals surface area contributed by atoms with Gasteiger partial charge in [0.1, 0.15) is 9.84 Å². The van der Waals surface area contributed by atoms with Gasteiger partial charge >= 0.3 is 0 Å². The molecule has 17 heavy (non-hydrogen) atoms. The zero-order valence-corrected chi connectivity index (χ0v) is 11.6. The van der Waals surface area contributed by atoms with E-state index in [9.17, 15) is 8.42 Å². The molecule has 1 atom stereocenters. The van der Waals surface area contributed by atoms with Crippen molar-refractivity contribution in [2.45, 2.75) is 33.4 Å². The molecule has 1 aromatic heterocycles. The molecule has 0 aliphatic carbocycles. The van der Waals surface area contributed by atoms with Crippen molar-refractivity contribution in [3.8, 4) is 0 Å². The number of hydrogen-bond acceptors (Lipinski definition) is 4. The topological polar surface area (TPSA) is 59.1 Å². The molecule has 0 aliphatic heterocycles. The van der Waals surface area contributed by atoms with E-state index in [2.05, 4.69) is 16.4 Å². The fourth-order valence-electron chi connectivity index (χ4n) is 1.60. The first-order chi connectivity index (χ1) is 7.78. The molecule has 0 aromatic carbocycles. The lowest BCUT2D eigenvalue weighted by atomic mass is 10.1. The molecule has 0 amide bonds. The van der Waals surface area contributed by atoms with Crippen molar-refractivity contribution < 1.29 is 8.42 Å². The first-order valence-corrected chi connectivity index (χ1v) is 7.67. The highest BCUT2D eigenvalue weighted by atomic mass is 32.2. The number of aryl methyl sites for hydroxylation is 2. The van der Waals surface area contributed by atoms with Crippen molar-refractivity contribution in [3.05, 3.63) is 29.1 Å². The van der Waals surface area contributed by atoms with Crippen LogP contribution in [0.4, 0.5) is 0 Å². The first kappa shape index (κ1) is 14.1. The molecule has 1 aromatic rings. The maximum Gasteiger partial charge on any atom is 0.148 e. The van der Waals surface area contributed by atoms with E-state index in [4.69, 9.17) is 0 Å². The Bertz CT molecular complexity index is 483. The van der Waals surface area contributed by atoms with E-state index in [1.54, 1.807) is 0 Å². The summed E-state index contributed by atoms with van der Waals surface area (Å²) < 4.78 is 22.2. The normalized spacial score (nSPS) is 13.6. The maximum atomic E-state index is 11.1. The van der Waals surface area contributed by atoms with Crippen LogP contribution in [0.3, 0.4) is 0 Å². The summed E-state index contributed by atoms with van der Waals surface area (Å²) in [6, 6.07) is 2.02. The average molecular weight is 256 g/mol. The molecule has 1 N–H and O–H groups in total. The third-order valence-electron chi connectivity index (χ3n) is 2.60. The van der Waals surface area contributed by atoms with E-state index in [0.29, 0.717) is 6.54 Å². The van der Waals surface area contributed by atoms with Crippen LogP contribution in [0.5, 0.6) is 0 Å². The lowest BCUT2D eigenvalue weighted by molar-refractivity contribution is 0.559. The van der Waals surface area contributed by atoms with E-state index in [1.807, 2.05) is 27.0 Å². The first-order valence-electron chi connectivity index (χ1n) is 5.61. The fraction of sp³-hybridized carbons (Fsp3) is 0.583. The minimum atomic E-state index is -2.92. The van der Waals surface area contributed by atoms with Gasteiger partial charge in [-0.05, 0) is 31.9 Å². The van der Waals surface area contributed by atoms with Crippen LogP contribution in [0.1, 0.15) is 23.7 Å². The van der Waals surface area contributed by atoms with Crippen LogP contribution in [-0.4, -0.2) is 31.5 Å². The minimum absolute atomic E-state index is 0.0494. The SMILES string of the molecule is Cc1cc(CN[C@H](C)CS(C)(=O)=O)cnc1C. The highest BCUT2D eigenvalue weighted by Crippen LogP contribution is 2.06. The van der Waals surface area contributed by atoms with Crippen LogP contribution >= 0.6 is 0 Å². The van der Waals surface area contributed by atoms with Gasteiger partial charge in [0.15, 0.2) is 0 Å². The number of aromatic nitrogens is 1. The number of nitrogens with one attached hydrogen (secondary N) is 1. The zero-order valence-electron chi connectivity index (χ0n) is 10.8. The van der Waals surface area contributed by atoms with E-state index in [0.717, 1.165) is 16.8 Å². The molecule has 4 nitrogen and oxygen atoms in total. The van der Waals surface area contributed by atoms with Gasteiger partial charge in [0.05, 0.1) is 5.75 Å². The van der Waals surface area contributed by atoms with Crippen molar-refractivity contribution in [2.24, 2.45) is 0 Å². The van der Waals surface area contributed by atoms with Crippen LogP contribution in [0.25, 0.3) is 0 Å². The zero-order chi connectivity index (χ0) is 13.1. The summed E-state index contributed by atoms with van der Waals surface area (Å²) in [7, 11) is -2.92. The predicted octanol–water partition coefficient (Wildman–Crippen LogP) is 1.22. The second-order valence-corrected chi connectivity index (χ2v) is 6.81. The second-order valence-electron chi connectivity index (χ2n) is 4.62. The quantitative estimate of drug-likeness (QED) is 0.860. The van der Waals surface area contributed by atoms with Crippen molar-refractivity contribution >= 4 is 9.84 Å². The summed E-state index contributed by atoms with van der Waals surface area (Å²) in [6.45, 7) is 6.50. The molecule has 5 heteroatoms. The molecule has 96 valence electrons. The Balaban J connectivity index is 2.53. The Labute approximate surface area is 103 Å². The molecule has 0 aliphatic rings. The third kappa shape index (κ3) is 5.28. The molecule has 0 saturated heterocycles. The van der Waals surface area contributed by atoms with E-state index in [-0.39, 0.29) is 11.8 Å². The Morgan fingerprint density at radius 1 is 1.41 bits per heavy atom. The number of hydrogen-bond donors (Lipinski definition) is 1. The Kier molecular flexibility index (Phi) is 4.65. The summed E-state index contributed by atoms with van der Waals surface area (Å²) in [5.74, 6) is 0.158. The molecule has 0 bridgehead atoms. The monoisotopic (exact) mass is 256 g/mol. The smallest absolute Gasteiger partial charge is 0.148 e. The highest BCUT2D eigenvalue weighted by Gasteiger charge is 2.09. The highest BCUT2D eigenvalue weighted by molar-refractivity contribution is 7.90. The van der Waals surface area contributed by atoms with Gasteiger partial charge in [-0.2, -0.15) is 0 Å². The standard InChI is InChI=1S/C12H20N2O2S/c1-9-5-12(7-14-11(9)3)6-13-10(2)8-17(4,15)16/h5,7,10,13H,6,8H2,1-4H3/t10-/m1/s1. The van der Waals surface area contributed by atoms with Crippen LogP contribution in [0, 0.1) is 13.8 Å². The van der Waals surface area contributed by atoms with Crippen LogP contribution in [-0.2, 0) is 16.4 Å². The molecule has 1 heterocycles. The Morgan fingerprint density at radius 2 is 2.06 bits per heavy atom. The second kappa shape index (κ2) is 5.60. The van der Waals surface area contributed by atoms with Crippen molar-refractivity contribution in [1.29, 1.82) is 0 Å². The number of sulfone groups is 1. The lowest BCUT2D eigenvalue weighted by Gasteiger charge is -2.13. The summed E-state index contributed by atoms with van der Waals surface area (Å²) in [5, 5.41) is 3.18. The number of pyridine rings is 1. The summed E-state index contributed by atoms with van der Waals surface area (Å²) in [6.07, 6.45) is 3.07. The van der Waals surface area contributed by atoms with Gasteiger partial charge in [0.25, 0.3) is 0 Å². The van der Waals surface area contributed by atoms with Crippen molar-refractivity contribution in [2.75, 3.05) is 12.0 Å². The van der Waals surface area contributed by atoms with Crippen LogP contribution < -0.4 is 5.32 Å². The van der Waals surface area contributed by atoms with Crippen molar-refractivity contribution in [1.82, 2.24) is 10.3 Å². The number of nitrogens with zero attached hydrogens (tertiary/aromatic N) is 1. The minimum Gasteiger partial charge on any atom is -0.309 e. The van der Waals surface area contributed by atoms with E-state index in [1.165, 1.54) is 6.26 Å². The summed E-state index contributed by atoms with van der Waals surface area (Å²) >= 11 is 0. The van der Waals surface area contributed by atoms with Gasteiger partial charge in [0.2, 0.25) is 0 Å². The Morgan fingerprint density at radius 3 is 2.59 bits per heavy atom. The third-order valence-corrected chi connectivity index (χ3v) is 3.71. The fourth-order valence-corrected chi connectivity index (χ4v) is 2.63. The molecular weight excluding hydrogens is 236 g/mol. The lowest BCUT2D eigenvalue weighted by Crippen LogP contribution is -2.32. The molecule has 0 saturated carbocycles. The average Bonchev–Trinajstić information content (AvgIpc) is 2.17. The van der Waals surface area contributed by atoms with Gasteiger partial charge in [-0.25, -0.2) is 8.42 Å². The molecule has 0 fully saturated rings. The van der Waals surface area contributed by atoms with Gasteiger partial charge in [0, 0.05) is 30.7 Å². The largest absolute Gasteiger partial charge is 0.309 e. The predicted molar refractivity (Wildman–Crippen MR) is 69.7 cm³/mol. The summed E-state index contributed by atoms with van der Waals surface area (Å²) in [4.78, 5) is 4.27. The molecule has 0 unspecified atom stereocenters. The van der Waals surface area contributed by atoms with Crippen LogP contribution in [0.2, 0.25) is 0 Å². The summed E-state index contributed by atoms with van der Waals surface area (Å²) in [5.41, 5.74) is 3.26. The Hall–Kier alpha value is -0.940. The number of rotatable bonds is 5. The van der Waals surface area contributed by atoms with Gasteiger partial charge in [-0.1, -0.05) is 6.07 Å². The van der Waals surface area contributed by atoms with E-state index >= 15 is 0 Å². The van der Waals surface area contributed by atoms with Gasteiger partial charge in [-0.15, -0.1) is 0 Å². The maximum absolute atomic E-state index is 11.1.